The molecule has 0 unspecified atom stereocenters. The highest BCUT2D eigenvalue weighted by molar-refractivity contribution is 5.95. The van der Waals surface area contributed by atoms with Crippen LogP contribution in [0.1, 0.15) is 47.2 Å². The number of aliphatic hydroxyl groups is 1. The van der Waals surface area contributed by atoms with Crippen LogP contribution in [-0.2, 0) is 14.4 Å². The number of benzene rings is 2. The summed E-state index contributed by atoms with van der Waals surface area (Å²) in [7, 11) is 4.04. The second-order valence-electron chi connectivity index (χ2n) is 9.48. The summed E-state index contributed by atoms with van der Waals surface area (Å²) < 4.78 is 0. The first-order valence-corrected chi connectivity index (χ1v) is 12.3. The van der Waals surface area contributed by atoms with Gasteiger partial charge in [-0.3, -0.25) is 14.4 Å². The monoisotopic (exact) mass is 542 g/mol. The quantitative estimate of drug-likeness (QED) is 0.300. The third-order valence-electron chi connectivity index (χ3n) is 5.94. The molecule has 0 aromatic heterocycles. The molecule has 1 aliphatic rings. The molecule has 210 valence electrons. The second kappa shape index (κ2) is 14.1. The first-order chi connectivity index (χ1) is 18.3. The molecule has 0 aliphatic carbocycles. The van der Waals surface area contributed by atoms with E-state index in [2.05, 4.69) is 11.0 Å². The minimum Gasteiger partial charge on any atom is -0.508 e. The van der Waals surface area contributed by atoms with Crippen molar-refractivity contribution in [2.45, 2.75) is 31.3 Å². The average Bonchev–Trinajstić information content (AvgIpc) is 3.38. The van der Waals surface area contributed by atoms with Gasteiger partial charge in [-0.2, -0.15) is 0 Å². The number of aromatic hydroxyl groups is 1. The zero-order valence-electron chi connectivity index (χ0n) is 21.9. The van der Waals surface area contributed by atoms with E-state index in [1.807, 2.05) is 55.4 Å². The van der Waals surface area contributed by atoms with E-state index in [1.165, 1.54) is 0 Å². The van der Waals surface area contributed by atoms with E-state index in [0.29, 0.717) is 0 Å². The zero-order valence-corrected chi connectivity index (χ0v) is 21.9. The van der Waals surface area contributed by atoms with Crippen molar-refractivity contribution in [3.63, 3.8) is 0 Å². The molecule has 39 heavy (non-hydrogen) atoms. The van der Waals surface area contributed by atoms with Gasteiger partial charge in [-0.05, 0) is 67.9 Å². The number of carboxylic acid groups (broad SMARTS) is 3. The number of hydrogen-bond donors (Lipinski definition) is 5. The molecule has 0 radical (unpaired) electrons. The van der Waals surface area contributed by atoms with Crippen LogP contribution in [0.15, 0.2) is 54.6 Å². The maximum Gasteiger partial charge on any atom is 0.336 e. The predicted molar refractivity (Wildman–Crippen MR) is 142 cm³/mol. The van der Waals surface area contributed by atoms with Crippen molar-refractivity contribution >= 4 is 29.4 Å². The maximum atomic E-state index is 12.5. The van der Waals surface area contributed by atoms with Crippen LogP contribution >= 0.6 is 0 Å². The summed E-state index contributed by atoms with van der Waals surface area (Å²) in [5.74, 6) is -4.65. The Hall–Kier alpha value is -4.22. The van der Waals surface area contributed by atoms with Gasteiger partial charge in [0.2, 0.25) is 0 Å². The fourth-order valence-corrected chi connectivity index (χ4v) is 3.96. The highest BCUT2D eigenvalue weighted by atomic mass is 16.4. The molecular weight excluding hydrogens is 508 g/mol. The molecule has 0 spiro atoms. The van der Waals surface area contributed by atoms with Crippen LogP contribution in [0.2, 0.25) is 0 Å². The number of nitrogens with zero attached hydrogens (tertiary/aromatic N) is 2. The second-order valence-corrected chi connectivity index (χ2v) is 9.48. The summed E-state index contributed by atoms with van der Waals surface area (Å²) in [6.07, 6.45) is 2.05. The van der Waals surface area contributed by atoms with Crippen LogP contribution in [0, 0.1) is 0 Å². The molecule has 2 aromatic carbocycles. The molecular formula is C28H34N2O9. The topological polar surface area (TPSA) is 176 Å². The highest BCUT2D eigenvalue weighted by Gasteiger charge is 2.40. The minimum absolute atomic E-state index is 0.116. The van der Waals surface area contributed by atoms with E-state index in [9.17, 15) is 24.3 Å². The van der Waals surface area contributed by atoms with Gasteiger partial charge in [0, 0.05) is 25.2 Å². The summed E-state index contributed by atoms with van der Waals surface area (Å²) in [6, 6.07) is 15.1. The number of likely N-dealkylation sites (tertiary alicyclic amines) is 1. The van der Waals surface area contributed by atoms with Gasteiger partial charge < -0.3 is 35.3 Å². The van der Waals surface area contributed by atoms with E-state index in [-0.39, 0.29) is 11.7 Å². The van der Waals surface area contributed by atoms with Crippen LogP contribution in [0.4, 0.5) is 0 Å². The summed E-state index contributed by atoms with van der Waals surface area (Å²) in [4.78, 5) is 47.0. The van der Waals surface area contributed by atoms with E-state index < -0.39 is 36.4 Å². The molecule has 11 heteroatoms. The Bertz CT molecular complexity index is 1180. The Morgan fingerprint density at radius 2 is 1.41 bits per heavy atom. The number of phenolic OH excluding ortho intramolecular Hbond substituents is 1. The van der Waals surface area contributed by atoms with Crippen LogP contribution in [0.5, 0.6) is 5.75 Å². The van der Waals surface area contributed by atoms with Crippen molar-refractivity contribution in [3.8, 4) is 5.75 Å². The zero-order chi connectivity index (χ0) is 29.2. The molecule has 3 rings (SSSR count). The van der Waals surface area contributed by atoms with Crippen molar-refractivity contribution in [2.75, 3.05) is 33.7 Å². The van der Waals surface area contributed by atoms with Gasteiger partial charge >= 0.3 is 17.9 Å². The fourth-order valence-electron chi connectivity index (χ4n) is 3.96. The first-order valence-electron chi connectivity index (χ1n) is 12.3. The number of likely N-dealkylation sites (N-methyl/N-ethyl adjacent to an activating group) is 1. The molecule has 1 aliphatic heterocycles. The molecule has 0 saturated carbocycles. The van der Waals surface area contributed by atoms with Crippen molar-refractivity contribution in [1.82, 2.24) is 9.80 Å². The first kappa shape index (κ1) is 31.0. The van der Waals surface area contributed by atoms with E-state index in [1.54, 1.807) is 12.1 Å². The standard InChI is InChI=1S/C22H26N2O2.C6H8O7/c1-23(2)15-12-21(19-6-5-7-20(25)16-19)17-8-10-18(11-9-17)22(26)24-13-3-4-14-24;7-3(8)1-6(13,5(11)12)2-4(9)10/h5-12,16,25H,3-4,13-15H2,1-2H3;13H,1-2H2,(H,7,8)(H,9,10)(H,11,12)/b21-12+;. The number of carbonyl (C=O) groups is 4. The largest absolute Gasteiger partial charge is 0.508 e. The molecule has 0 atom stereocenters. The summed E-state index contributed by atoms with van der Waals surface area (Å²) >= 11 is 0. The van der Waals surface area contributed by atoms with E-state index >= 15 is 0 Å². The minimum atomic E-state index is -2.74. The Kier molecular flexibility index (Phi) is 11.2. The van der Waals surface area contributed by atoms with Crippen LogP contribution < -0.4 is 0 Å². The smallest absolute Gasteiger partial charge is 0.336 e. The van der Waals surface area contributed by atoms with E-state index in [0.717, 1.165) is 54.7 Å². The summed E-state index contributed by atoms with van der Waals surface area (Å²) in [6.45, 7) is 2.51. The number of amides is 1. The Morgan fingerprint density at radius 1 is 0.872 bits per heavy atom. The highest BCUT2D eigenvalue weighted by Crippen LogP contribution is 2.27. The molecule has 5 N–H and O–H groups in total. The van der Waals surface area contributed by atoms with Crippen LogP contribution in [-0.4, -0.2) is 98.5 Å². The van der Waals surface area contributed by atoms with Gasteiger partial charge in [-0.1, -0.05) is 30.3 Å². The van der Waals surface area contributed by atoms with Crippen molar-refractivity contribution < 1.29 is 44.7 Å². The molecule has 2 aromatic rings. The molecule has 0 bridgehead atoms. The predicted octanol–water partition coefficient (Wildman–Crippen LogP) is 2.37. The average molecular weight is 543 g/mol. The van der Waals surface area contributed by atoms with Crippen LogP contribution in [0.3, 0.4) is 0 Å². The SMILES string of the molecule is CN(C)C/C=C(\c1ccc(C(=O)N2CCCC2)cc1)c1cccc(O)c1.O=C(O)CC(O)(CC(=O)O)C(=O)O. The van der Waals surface area contributed by atoms with Crippen LogP contribution in [0.25, 0.3) is 5.57 Å². The third-order valence-corrected chi connectivity index (χ3v) is 5.94. The number of hydrogen-bond acceptors (Lipinski definition) is 7. The maximum absolute atomic E-state index is 12.5. The molecule has 1 heterocycles. The van der Waals surface area contributed by atoms with Gasteiger partial charge in [-0.25, -0.2) is 4.79 Å². The molecule has 11 nitrogen and oxygen atoms in total. The van der Waals surface area contributed by atoms with Gasteiger partial charge in [0.05, 0.1) is 12.8 Å². The lowest BCUT2D eigenvalue weighted by molar-refractivity contribution is -0.170. The van der Waals surface area contributed by atoms with Crippen molar-refractivity contribution in [2.24, 2.45) is 0 Å². The van der Waals surface area contributed by atoms with Gasteiger partial charge in [0.25, 0.3) is 5.91 Å². The summed E-state index contributed by atoms with van der Waals surface area (Å²) in [5, 5.41) is 43.6. The van der Waals surface area contributed by atoms with Crippen molar-refractivity contribution in [3.05, 3.63) is 71.3 Å². The normalized spacial score (nSPS) is 13.5. The molecule has 1 amide bonds. The number of aliphatic carboxylic acids is 3. The van der Waals surface area contributed by atoms with Gasteiger partial charge in [-0.15, -0.1) is 0 Å². The number of carbonyl (C=O) groups excluding carboxylic acids is 1. The third kappa shape index (κ3) is 9.55. The Labute approximate surface area is 226 Å². The lowest BCUT2D eigenvalue weighted by Crippen LogP contribution is -2.42. The Balaban J connectivity index is 0.000000349. The van der Waals surface area contributed by atoms with Gasteiger partial charge in [0.1, 0.15) is 5.75 Å². The Morgan fingerprint density at radius 3 is 1.87 bits per heavy atom. The molecule has 1 fully saturated rings. The number of phenols is 1. The fraction of sp³-hybridized carbons (Fsp3) is 0.357. The number of carboxylic acids is 3. The molecule has 1 saturated heterocycles. The summed E-state index contributed by atoms with van der Waals surface area (Å²) in [5.41, 5.74) is 1.05. The van der Waals surface area contributed by atoms with Gasteiger partial charge in [0.15, 0.2) is 5.60 Å². The van der Waals surface area contributed by atoms with E-state index in [4.69, 9.17) is 20.4 Å². The number of rotatable bonds is 10. The lowest BCUT2D eigenvalue weighted by Gasteiger charge is -2.18. The van der Waals surface area contributed by atoms with Crippen molar-refractivity contribution in [1.29, 1.82) is 0 Å². The lowest BCUT2D eigenvalue weighted by atomic mass is 9.96.